The van der Waals surface area contributed by atoms with Crippen molar-refractivity contribution in [2.45, 2.75) is 51.5 Å². The molecule has 0 radical (unpaired) electrons. The van der Waals surface area contributed by atoms with Gasteiger partial charge in [0.1, 0.15) is 0 Å². The second kappa shape index (κ2) is 7.10. The largest absolute Gasteiger partial charge is 0.379 e. The van der Waals surface area contributed by atoms with Gasteiger partial charge in [-0.1, -0.05) is 26.2 Å². The molecule has 0 spiro atoms. The lowest BCUT2D eigenvalue weighted by Gasteiger charge is -2.42. The van der Waals surface area contributed by atoms with E-state index in [1.807, 2.05) is 0 Å². The fourth-order valence-corrected chi connectivity index (χ4v) is 4.36. The molecule has 2 aliphatic heterocycles. The van der Waals surface area contributed by atoms with Crippen LogP contribution in [0.2, 0.25) is 0 Å². The summed E-state index contributed by atoms with van der Waals surface area (Å²) in [4.78, 5) is 15.0. The number of hydrogen-bond acceptors (Lipinski definition) is 3. The highest BCUT2D eigenvalue weighted by Crippen LogP contribution is 2.36. The summed E-state index contributed by atoms with van der Waals surface area (Å²) < 4.78 is 5.58. The molecule has 4 unspecified atom stereocenters. The Morgan fingerprint density at radius 1 is 1.19 bits per heavy atom. The summed E-state index contributed by atoms with van der Waals surface area (Å²) in [5.74, 6) is 2.03. The second-order valence-electron chi connectivity index (χ2n) is 7.08. The zero-order chi connectivity index (χ0) is 14.7. The summed E-state index contributed by atoms with van der Waals surface area (Å²) in [6.45, 7) is 6.40. The van der Waals surface area contributed by atoms with Gasteiger partial charge >= 0.3 is 0 Å². The number of fused-ring (bicyclic) bond motifs is 1. The molecule has 2 heterocycles. The van der Waals surface area contributed by atoms with E-state index in [0.29, 0.717) is 19.1 Å². The molecule has 3 rings (SSSR count). The van der Waals surface area contributed by atoms with E-state index in [4.69, 9.17) is 4.74 Å². The van der Waals surface area contributed by atoms with E-state index in [0.717, 1.165) is 37.9 Å². The number of carbonyl (C=O) groups is 1. The zero-order valence-corrected chi connectivity index (χ0v) is 13.4. The van der Waals surface area contributed by atoms with Crippen LogP contribution in [0.25, 0.3) is 0 Å². The van der Waals surface area contributed by atoms with Gasteiger partial charge in [0, 0.05) is 19.1 Å². The van der Waals surface area contributed by atoms with Crippen LogP contribution in [0.4, 0.5) is 0 Å². The van der Waals surface area contributed by atoms with E-state index in [1.165, 1.54) is 32.1 Å². The molecule has 1 saturated carbocycles. The fourth-order valence-electron chi connectivity index (χ4n) is 4.36. The molecule has 120 valence electrons. The molecule has 1 amide bonds. The molecule has 4 atom stereocenters. The van der Waals surface area contributed by atoms with Crippen molar-refractivity contribution in [1.29, 1.82) is 0 Å². The standard InChI is InChI=1S/C17H30N2O2/c1-2-8-18-16-12-21-11-15(16)17(20)19-9-7-13-5-3-4-6-14(13)10-19/h13-16,18H,2-12H2,1H3. The number of likely N-dealkylation sites (tertiary alicyclic amines) is 1. The minimum absolute atomic E-state index is 0.0386. The summed E-state index contributed by atoms with van der Waals surface area (Å²) in [5.41, 5.74) is 0. The van der Waals surface area contributed by atoms with Gasteiger partial charge in [0.15, 0.2) is 0 Å². The van der Waals surface area contributed by atoms with Gasteiger partial charge in [-0.25, -0.2) is 0 Å². The predicted molar refractivity (Wildman–Crippen MR) is 83.0 cm³/mol. The van der Waals surface area contributed by atoms with E-state index in [-0.39, 0.29) is 12.0 Å². The topological polar surface area (TPSA) is 41.6 Å². The van der Waals surface area contributed by atoms with Gasteiger partial charge in [0.25, 0.3) is 0 Å². The summed E-state index contributed by atoms with van der Waals surface area (Å²) in [7, 11) is 0. The maximum atomic E-state index is 12.9. The average molecular weight is 294 g/mol. The molecule has 1 aliphatic carbocycles. The summed E-state index contributed by atoms with van der Waals surface area (Å²) >= 11 is 0. The molecule has 0 aromatic carbocycles. The van der Waals surface area contributed by atoms with Crippen LogP contribution in [0, 0.1) is 17.8 Å². The summed E-state index contributed by atoms with van der Waals surface area (Å²) in [6, 6.07) is 0.224. The third-order valence-corrected chi connectivity index (χ3v) is 5.66. The molecule has 0 bridgehead atoms. The molecule has 4 nitrogen and oxygen atoms in total. The maximum absolute atomic E-state index is 12.9. The Morgan fingerprint density at radius 2 is 2.00 bits per heavy atom. The quantitative estimate of drug-likeness (QED) is 0.863. The Kier molecular flexibility index (Phi) is 5.17. The maximum Gasteiger partial charge on any atom is 0.229 e. The van der Waals surface area contributed by atoms with E-state index in [2.05, 4.69) is 17.1 Å². The Balaban J connectivity index is 1.57. The fraction of sp³-hybridized carbons (Fsp3) is 0.941. The number of nitrogens with zero attached hydrogens (tertiary/aromatic N) is 1. The van der Waals surface area contributed by atoms with Gasteiger partial charge in [-0.3, -0.25) is 4.79 Å². The molecule has 21 heavy (non-hydrogen) atoms. The smallest absolute Gasteiger partial charge is 0.229 e. The van der Waals surface area contributed by atoms with Crippen LogP contribution in [0.15, 0.2) is 0 Å². The third-order valence-electron chi connectivity index (χ3n) is 5.66. The van der Waals surface area contributed by atoms with Crippen molar-refractivity contribution < 1.29 is 9.53 Å². The lowest BCUT2D eigenvalue weighted by atomic mass is 9.75. The van der Waals surface area contributed by atoms with Gasteiger partial charge in [-0.15, -0.1) is 0 Å². The molecular formula is C17H30N2O2. The Hall–Kier alpha value is -0.610. The van der Waals surface area contributed by atoms with Crippen LogP contribution < -0.4 is 5.32 Å². The number of rotatable bonds is 4. The van der Waals surface area contributed by atoms with E-state index < -0.39 is 0 Å². The number of carbonyl (C=O) groups excluding carboxylic acids is 1. The van der Waals surface area contributed by atoms with Crippen LogP contribution in [0.3, 0.4) is 0 Å². The van der Waals surface area contributed by atoms with E-state index in [1.54, 1.807) is 0 Å². The number of amides is 1. The van der Waals surface area contributed by atoms with Crippen molar-refractivity contribution in [1.82, 2.24) is 10.2 Å². The van der Waals surface area contributed by atoms with Gasteiger partial charge in [-0.05, 0) is 37.6 Å². The van der Waals surface area contributed by atoms with Crippen LogP contribution in [-0.4, -0.2) is 49.7 Å². The minimum Gasteiger partial charge on any atom is -0.379 e. The second-order valence-corrected chi connectivity index (χ2v) is 7.08. The third kappa shape index (κ3) is 3.42. The Morgan fingerprint density at radius 3 is 2.81 bits per heavy atom. The van der Waals surface area contributed by atoms with Gasteiger partial charge in [0.05, 0.1) is 19.1 Å². The SMILES string of the molecule is CCCNC1COCC1C(=O)N1CCC2CCCCC2C1. The minimum atomic E-state index is 0.0386. The van der Waals surface area contributed by atoms with Gasteiger partial charge in [0.2, 0.25) is 5.91 Å². The Bertz CT molecular complexity index is 361. The van der Waals surface area contributed by atoms with Crippen molar-refractivity contribution in [2.24, 2.45) is 17.8 Å². The summed E-state index contributed by atoms with van der Waals surface area (Å²) in [6.07, 6.45) is 7.79. The van der Waals surface area contributed by atoms with Gasteiger partial charge < -0.3 is 15.0 Å². The summed E-state index contributed by atoms with van der Waals surface area (Å²) in [5, 5.41) is 3.49. The monoisotopic (exact) mass is 294 g/mol. The normalized spacial score (nSPS) is 36.5. The molecule has 1 N–H and O–H groups in total. The van der Waals surface area contributed by atoms with Crippen LogP contribution in [0.1, 0.15) is 45.4 Å². The first-order chi connectivity index (χ1) is 10.3. The highest BCUT2D eigenvalue weighted by molar-refractivity contribution is 5.80. The number of piperidine rings is 1. The van der Waals surface area contributed by atoms with Crippen LogP contribution >= 0.6 is 0 Å². The molecule has 0 aromatic heterocycles. The van der Waals surface area contributed by atoms with Crippen molar-refractivity contribution in [3.8, 4) is 0 Å². The van der Waals surface area contributed by atoms with Crippen molar-refractivity contribution in [2.75, 3.05) is 32.8 Å². The van der Waals surface area contributed by atoms with Crippen LogP contribution in [-0.2, 0) is 9.53 Å². The average Bonchev–Trinajstić information content (AvgIpc) is 3.00. The molecule has 0 aromatic rings. The Labute approximate surface area is 128 Å². The molecule has 2 saturated heterocycles. The highest BCUT2D eigenvalue weighted by atomic mass is 16.5. The first-order valence-electron chi connectivity index (χ1n) is 8.89. The molecule has 4 heteroatoms. The van der Waals surface area contributed by atoms with Crippen molar-refractivity contribution >= 4 is 5.91 Å². The molecule has 3 fully saturated rings. The van der Waals surface area contributed by atoms with E-state index >= 15 is 0 Å². The molecular weight excluding hydrogens is 264 g/mol. The number of nitrogens with one attached hydrogen (secondary N) is 1. The lowest BCUT2D eigenvalue weighted by Crippen LogP contribution is -2.51. The predicted octanol–water partition coefficient (Wildman–Crippen LogP) is 2.04. The van der Waals surface area contributed by atoms with Crippen molar-refractivity contribution in [3.05, 3.63) is 0 Å². The number of hydrogen-bond donors (Lipinski definition) is 1. The number of ether oxygens (including phenoxy) is 1. The van der Waals surface area contributed by atoms with Crippen LogP contribution in [0.5, 0.6) is 0 Å². The highest BCUT2D eigenvalue weighted by Gasteiger charge is 2.39. The molecule has 3 aliphatic rings. The first kappa shape index (κ1) is 15.3. The first-order valence-corrected chi connectivity index (χ1v) is 8.89. The lowest BCUT2D eigenvalue weighted by molar-refractivity contribution is -0.139. The zero-order valence-electron chi connectivity index (χ0n) is 13.4. The van der Waals surface area contributed by atoms with Gasteiger partial charge in [-0.2, -0.15) is 0 Å². The van der Waals surface area contributed by atoms with Crippen molar-refractivity contribution in [3.63, 3.8) is 0 Å². The van der Waals surface area contributed by atoms with E-state index in [9.17, 15) is 4.79 Å².